The number of amides is 1. The molecule has 2 aliphatic heterocycles. The van der Waals surface area contributed by atoms with Crippen LogP contribution in [0.25, 0.3) is 0 Å². The molecule has 2 saturated heterocycles. The van der Waals surface area contributed by atoms with Crippen molar-refractivity contribution < 1.29 is 18.7 Å². The summed E-state index contributed by atoms with van der Waals surface area (Å²) < 4.78 is 19.6. The zero-order valence-electron chi connectivity index (χ0n) is 11.8. The SMILES string of the molecule is CC(C)(C)OC(=O)N1C2CCC[C@@H]1C[C@@H](C=O)[C@H]2F. The molecular formula is C14H22FNO3. The molecule has 108 valence electrons. The summed E-state index contributed by atoms with van der Waals surface area (Å²) in [4.78, 5) is 24.7. The monoisotopic (exact) mass is 271 g/mol. The summed E-state index contributed by atoms with van der Waals surface area (Å²) in [7, 11) is 0. The average Bonchev–Trinajstić information content (AvgIpc) is 2.31. The highest BCUT2D eigenvalue weighted by atomic mass is 19.1. The number of nitrogens with zero attached hydrogens (tertiary/aromatic N) is 1. The first-order valence-electron chi connectivity index (χ1n) is 6.94. The number of hydrogen-bond acceptors (Lipinski definition) is 3. The zero-order valence-corrected chi connectivity index (χ0v) is 11.8. The van der Waals surface area contributed by atoms with Crippen molar-refractivity contribution in [3.63, 3.8) is 0 Å². The highest BCUT2D eigenvalue weighted by molar-refractivity contribution is 5.70. The molecule has 0 aliphatic carbocycles. The van der Waals surface area contributed by atoms with E-state index in [0.717, 1.165) is 12.8 Å². The van der Waals surface area contributed by atoms with Crippen molar-refractivity contribution in [2.24, 2.45) is 5.92 Å². The summed E-state index contributed by atoms with van der Waals surface area (Å²) in [6, 6.07) is -0.562. The van der Waals surface area contributed by atoms with Crippen molar-refractivity contribution in [1.82, 2.24) is 4.90 Å². The molecule has 0 saturated carbocycles. The van der Waals surface area contributed by atoms with E-state index in [2.05, 4.69) is 0 Å². The number of hydrogen-bond donors (Lipinski definition) is 0. The third-order valence-electron chi connectivity index (χ3n) is 3.89. The van der Waals surface area contributed by atoms with E-state index in [1.807, 2.05) is 0 Å². The van der Waals surface area contributed by atoms with Gasteiger partial charge in [-0.1, -0.05) is 0 Å². The highest BCUT2D eigenvalue weighted by Crippen LogP contribution is 2.38. The maximum Gasteiger partial charge on any atom is 0.410 e. The van der Waals surface area contributed by atoms with E-state index in [4.69, 9.17) is 4.74 Å². The van der Waals surface area contributed by atoms with Gasteiger partial charge in [0.2, 0.25) is 0 Å². The largest absolute Gasteiger partial charge is 0.444 e. The highest BCUT2D eigenvalue weighted by Gasteiger charge is 2.48. The lowest BCUT2D eigenvalue weighted by Gasteiger charge is -2.49. The molecule has 0 aromatic carbocycles. The molecular weight excluding hydrogens is 249 g/mol. The molecule has 2 rings (SSSR count). The van der Waals surface area contributed by atoms with Crippen LogP contribution in [-0.2, 0) is 9.53 Å². The number of carbonyl (C=O) groups is 2. The Morgan fingerprint density at radius 1 is 1.37 bits per heavy atom. The van der Waals surface area contributed by atoms with Gasteiger partial charge in [0.15, 0.2) is 0 Å². The van der Waals surface area contributed by atoms with E-state index in [9.17, 15) is 14.0 Å². The van der Waals surface area contributed by atoms with Gasteiger partial charge >= 0.3 is 6.09 Å². The molecule has 1 amide bonds. The molecule has 0 aromatic heterocycles. The van der Waals surface area contributed by atoms with Gasteiger partial charge in [-0.15, -0.1) is 0 Å². The topological polar surface area (TPSA) is 46.6 Å². The lowest BCUT2D eigenvalue weighted by molar-refractivity contribution is -0.120. The van der Waals surface area contributed by atoms with Gasteiger partial charge in [0, 0.05) is 12.0 Å². The van der Waals surface area contributed by atoms with Crippen molar-refractivity contribution in [2.45, 2.75) is 70.3 Å². The Morgan fingerprint density at radius 3 is 2.63 bits per heavy atom. The van der Waals surface area contributed by atoms with E-state index < -0.39 is 29.8 Å². The normalized spacial score (nSPS) is 34.8. The van der Waals surface area contributed by atoms with Crippen LogP contribution in [0.4, 0.5) is 9.18 Å². The number of aldehydes is 1. The van der Waals surface area contributed by atoms with Crippen LogP contribution in [0.5, 0.6) is 0 Å². The lowest BCUT2D eigenvalue weighted by Crippen LogP contribution is -2.61. The van der Waals surface area contributed by atoms with Crippen LogP contribution >= 0.6 is 0 Å². The number of fused-ring (bicyclic) bond motifs is 2. The van der Waals surface area contributed by atoms with E-state index in [1.54, 1.807) is 25.7 Å². The second-order valence-corrected chi connectivity index (χ2v) is 6.52. The molecule has 1 unspecified atom stereocenters. The van der Waals surface area contributed by atoms with Gasteiger partial charge in [0.05, 0.1) is 6.04 Å². The first kappa shape index (κ1) is 14.3. The Balaban J connectivity index is 2.16. The first-order chi connectivity index (χ1) is 8.83. The number of carbonyl (C=O) groups excluding carboxylic acids is 2. The van der Waals surface area contributed by atoms with Gasteiger partial charge in [-0.05, 0) is 46.5 Å². The Morgan fingerprint density at radius 2 is 2.05 bits per heavy atom. The van der Waals surface area contributed by atoms with Crippen molar-refractivity contribution >= 4 is 12.4 Å². The molecule has 0 radical (unpaired) electrons. The Labute approximate surface area is 113 Å². The van der Waals surface area contributed by atoms with Gasteiger partial charge in [0.1, 0.15) is 18.1 Å². The molecule has 4 nitrogen and oxygen atoms in total. The van der Waals surface area contributed by atoms with Crippen LogP contribution in [-0.4, -0.2) is 41.1 Å². The summed E-state index contributed by atoms with van der Waals surface area (Å²) in [5.41, 5.74) is -0.585. The summed E-state index contributed by atoms with van der Waals surface area (Å²) in [5, 5.41) is 0. The number of ether oxygens (including phenoxy) is 1. The molecule has 0 N–H and O–H groups in total. The zero-order chi connectivity index (χ0) is 14.2. The maximum absolute atomic E-state index is 14.3. The van der Waals surface area contributed by atoms with Crippen LogP contribution in [0.15, 0.2) is 0 Å². The lowest BCUT2D eigenvalue weighted by atomic mass is 9.78. The molecule has 19 heavy (non-hydrogen) atoms. The number of piperidine rings is 2. The molecule has 2 bridgehead atoms. The van der Waals surface area contributed by atoms with Crippen LogP contribution in [0.3, 0.4) is 0 Å². The second-order valence-electron chi connectivity index (χ2n) is 6.52. The number of alkyl halides is 1. The fraction of sp³-hybridized carbons (Fsp3) is 0.857. The number of halogens is 1. The summed E-state index contributed by atoms with van der Waals surface area (Å²) in [6.07, 6.45) is 1.74. The van der Waals surface area contributed by atoms with Gasteiger partial charge in [-0.3, -0.25) is 4.90 Å². The fourth-order valence-electron chi connectivity index (χ4n) is 3.11. The standard InChI is InChI=1S/C14H22FNO3/c1-14(2,3)19-13(18)16-10-5-4-6-11(16)12(15)9(7-10)8-17/h8-12H,4-7H2,1-3H3/t9-,10+,11?,12+/m0/s1. The molecule has 0 spiro atoms. The van der Waals surface area contributed by atoms with Gasteiger partial charge in [-0.25, -0.2) is 9.18 Å². The van der Waals surface area contributed by atoms with Gasteiger partial charge in [-0.2, -0.15) is 0 Å². The van der Waals surface area contributed by atoms with Crippen LogP contribution < -0.4 is 0 Å². The van der Waals surface area contributed by atoms with Crippen LogP contribution in [0, 0.1) is 5.92 Å². The van der Waals surface area contributed by atoms with Gasteiger partial charge in [0.25, 0.3) is 0 Å². The van der Waals surface area contributed by atoms with Crippen molar-refractivity contribution in [3.05, 3.63) is 0 Å². The summed E-state index contributed by atoms with van der Waals surface area (Å²) in [5.74, 6) is -0.575. The van der Waals surface area contributed by atoms with Crippen molar-refractivity contribution in [2.75, 3.05) is 0 Å². The van der Waals surface area contributed by atoms with Crippen molar-refractivity contribution in [1.29, 1.82) is 0 Å². The summed E-state index contributed by atoms with van der Waals surface area (Å²) >= 11 is 0. The predicted molar refractivity (Wildman–Crippen MR) is 68.6 cm³/mol. The minimum atomic E-state index is -1.26. The van der Waals surface area contributed by atoms with Gasteiger partial charge < -0.3 is 9.53 Å². The van der Waals surface area contributed by atoms with E-state index in [1.165, 1.54) is 0 Å². The molecule has 2 fully saturated rings. The van der Waals surface area contributed by atoms with Crippen LogP contribution in [0.1, 0.15) is 46.5 Å². The third-order valence-corrected chi connectivity index (χ3v) is 3.89. The number of rotatable bonds is 1. The molecule has 5 heteroatoms. The quantitative estimate of drug-likeness (QED) is 0.689. The maximum atomic E-state index is 14.3. The van der Waals surface area contributed by atoms with E-state index in [-0.39, 0.29) is 6.04 Å². The minimum Gasteiger partial charge on any atom is -0.444 e. The fourth-order valence-corrected chi connectivity index (χ4v) is 3.11. The molecule has 2 aliphatic rings. The van der Waals surface area contributed by atoms with E-state index >= 15 is 0 Å². The van der Waals surface area contributed by atoms with E-state index in [0.29, 0.717) is 19.1 Å². The average molecular weight is 271 g/mol. The summed E-state index contributed by atoms with van der Waals surface area (Å²) in [6.45, 7) is 5.39. The molecule has 0 aromatic rings. The third kappa shape index (κ3) is 2.90. The first-order valence-corrected chi connectivity index (χ1v) is 6.94. The molecule has 2 heterocycles. The Bertz CT molecular complexity index is 366. The predicted octanol–water partition coefficient (Wildman–Crippen LogP) is 2.70. The molecule has 4 atom stereocenters. The Kier molecular flexibility index (Phi) is 3.83. The Hall–Kier alpha value is -1.13. The van der Waals surface area contributed by atoms with Crippen molar-refractivity contribution in [3.8, 4) is 0 Å². The second kappa shape index (κ2) is 5.10. The minimum absolute atomic E-state index is 0.0594. The smallest absolute Gasteiger partial charge is 0.410 e. The van der Waals surface area contributed by atoms with Crippen LogP contribution in [0.2, 0.25) is 0 Å².